The van der Waals surface area contributed by atoms with Crippen LogP contribution in [0.1, 0.15) is 12.0 Å². The molecule has 2 aromatic carbocycles. The Bertz CT molecular complexity index is 1400. The maximum Gasteiger partial charge on any atom is 0.328 e. The third-order valence-corrected chi connectivity index (χ3v) is 5.18. The lowest BCUT2D eigenvalue weighted by Gasteiger charge is -2.14. The van der Waals surface area contributed by atoms with Crippen molar-refractivity contribution in [3.8, 4) is 0 Å². The Morgan fingerprint density at radius 2 is 1.68 bits per heavy atom. The molecule has 4 N–H and O–H groups in total. The van der Waals surface area contributed by atoms with Gasteiger partial charge in [-0.3, -0.25) is 14.2 Å². The number of rotatable bonds is 7. The first kappa shape index (κ1) is 20.1. The Morgan fingerprint density at radius 3 is 2.42 bits per heavy atom. The van der Waals surface area contributed by atoms with E-state index < -0.39 is 29.2 Å². The van der Waals surface area contributed by atoms with E-state index in [1.807, 2.05) is 24.3 Å². The Labute approximate surface area is 175 Å². The van der Waals surface area contributed by atoms with Crippen molar-refractivity contribution in [1.29, 1.82) is 0 Å². The molecule has 9 heteroatoms. The number of carboxylic acid groups (broad SMARTS) is 1. The molecule has 0 saturated carbocycles. The standard InChI is InChI=1S/C22H20N4O5/c27-19(9-10-26-20(28)15-6-2-4-8-17(15)25-22(26)31)24-18(21(29)30)11-13-12-23-16-7-3-1-5-14(13)16/h1-8,12,18,23H,9-11H2,(H,24,27)(H,25,31)(H,29,30). The number of nitrogens with one attached hydrogen (secondary N) is 3. The molecule has 158 valence electrons. The van der Waals surface area contributed by atoms with Crippen molar-refractivity contribution < 1.29 is 14.7 Å². The Morgan fingerprint density at radius 1 is 1.00 bits per heavy atom. The normalized spacial score (nSPS) is 12.1. The fourth-order valence-corrected chi connectivity index (χ4v) is 3.60. The molecule has 4 aromatic rings. The third-order valence-electron chi connectivity index (χ3n) is 5.18. The largest absolute Gasteiger partial charge is 0.480 e. The first-order valence-electron chi connectivity index (χ1n) is 9.73. The Kier molecular flexibility index (Phi) is 5.40. The van der Waals surface area contributed by atoms with E-state index in [0.717, 1.165) is 21.0 Å². The minimum Gasteiger partial charge on any atom is -0.480 e. The number of aliphatic carboxylic acids is 1. The van der Waals surface area contributed by atoms with E-state index in [2.05, 4.69) is 15.3 Å². The lowest BCUT2D eigenvalue weighted by atomic mass is 10.0. The number of H-pyrrole nitrogens is 2. The van der Waals surface area contributed by atoms with Crippen molar-refractivity contribution in [3.63, 3.8) is 0 Å². The number of carbonyl (C=O) groups is 2. The second-order valence-electron chi connectivity index (χ2n) is 7.20. The van der Waals surface area contributed by atoms with E-state index >= 15 is 0 Å². The molecule has 0 bridgehead atoms. The number of carboxylic acids is 1. The minimum absolute atomic E-state index is 0.0988. The quantitative estimate of drug-likeness (QED) is 0.358. The summed E-state index contributed by atoms with van der Waals surface area (Å²) in [6.07, 6.45) is 1.61. The van der Waals surface area contributed by atoms with E-state index in [1.165, 1.54) is 0 Å². The molecule has 0 aliphatic heterocycles. The van der Waals surface area contributed by atoms with E-state index in [9.17, 15) is 24.3 Å². The molecule has 0 fully saturated rings. The first-order valence-corrected chi connectivity index (χ1v) is 9.73. The monoisotopic (exact) mass is 420 g/mol. The van der Waals surface area contributed by atoms with Gasteiger partial charge in [0.15, 0.2) is 0 Å². The van der Waals surface area contributed by atoms with Crippen LogP contribution in [-0.4, -0.2) is 37.6 Å². The maximum absolute atomic E-state index is 12.5. The molecule has 0 aliphatic rings. The van der Waals surface area contributed by atoms with Gasteiger partial charge in [-0.15, -0.1) is 0 Å². The second kappa shape index (κ2) is 8.31. The number of hydrogen-bond donors (Lipinski definition) is 4. The van der Waals surface area contributed by atoms with E-state index in [1.54, 1.807) is 30.5 Å². The average molecular weight is 420 g/mol. The van der Waals surface area contributed by atoms with E-state index in [4.69, 9.17) is 0 Å². The molecule has 0 saturated heterocycles. The van der Waals surface area contributed by atoms with Gasteiger partial charge in [-0.25, -0.2) is 9.59 Å². The highest BCUT2D eigenvalue weighted by molar-refractivity contribution is 5.86. The molecule has 4 rings (SSSR count). The van der Waals surface area contributed by atoms with Crippen LogP contribution in [0.15, 0.2) is 64.3 Å². The van der Waals surface area contributed by atoms with Gasteiger partial charge >= 0.3 is 11.7 Å². The highest BCUT2D eigenvalue weighted by Crippen LogP contribution is 2.19. The first-order chi connectivity index (χ1) is 14.9. The molecule has 0 aliphatic carbocycles. The van der Waals surface area contributed by atoms with E-state index in [0.29, 0.717) is 10.9 Å². The van der Waals surface area contributed by atoms with Crippen LogP contribution in [0.5, 0.6) is 0 Å². The Hall–Kier alpha value is -4.14. The van der Waals surface area contributed by atoms with Crippen molar-refractivity contribution in [2.75, 3.05) is 0 Å². The number of amides is 1. The van der Waals surface area contributed by atoms with Gasteiger partial charge in [-0.2, -0.15) is 0 Å². The summed E-state index contributed by atoms with van der Waals surface area (Å²) in [6, 6.07) is 12.9. The molecule has 31 heavy (non-hydrogen) atoms. The van der Waals surface area contributed by atoms with Crippen LogP contribution in [0.3, 0.4) is 0 Å². The minimum atomic E-state index is -1.17. The second-order valence-corrected chi connectivity index (χ2v) is 7.20. The lowest BCUT2D eigenvalue weighted by Crippen LogP contribution is -2.43. The average Bonchev–Trinajstić information content (AvgIpc) is 3.16. The Balaban J connectivity index is 1.47. The molecule has 0 spiro atoms. The number of aromatic amines is 2. The lowest BCUT2D eigenvalue weighted by molar-refractivity contribution is -0.141. The van der Waals surface area contributed by atoms with Crippen molar-refractivity contribution in [2.24, 2.45) is 0 Å². The zero-order valence-corrected chi connectivity index (χ0v) is 16.4. The molecule has 0 radical (unpaired) electrons. The van der Waals surface area contributed by atoms with Crippen molar-refractivity contribution in [2.45, 2.75) is 25.4 Å². The zero-order valence-electron chi connectivity index (χ0n) is 16.4. The van der Waals surface area contributed by atoms with Crippen LogP contribution in [0.2, 0.25) is 0 Å². The fourth-order valence-electron chi connectivity index (χ4n) is 3.60. The van der Waals surface area contributed by atoms with Crippen molar-refractivity contribution in [1.82, 2.24) is 19.9 Å². The molecule has 1 amide bonds. The van der Waals surface area contributed by atoms with Gasteiger partial charge in [-0.1, -0.05) is 30.3 Å². The predicted molar refractivity (Wildman–Crippen MR) is 115 cm³/mol. The van der Waals surface area contributed by atoms with Gasteiger partial charge in [-0.05, 0) is 23.8 Å². The van der Waals surface area contributed by atoms with Crippen molar-refractivity contribution >= 4 is 33.7 Å². The number of nitrogens with zero attached hydrogens (tertiary/aromatic N) is 1. The highest BCUT2D eigenvalue weighted by atomic mass is 16.4. The third kappa shape index (κ3) is 4.11. The molecule has 1 atom stereocenters. The molecule has 9 nitrogen and oxygen atoms in total. The fraction of sp³-hybridized carbons (Fsp3) is 0.182. The molecular weight excluding hydrogens is 400 g/mol. The summed E-state index contributed by atoms with van der Waals surface area (Å²) in [5, 5.41) is 13.3. The van der Waals surface area contributed by atoms with Crippen LogP contribution in [-0.2, 0) is 22.6 Å². The van der Waals surface area contributed by atoms with Crippen LogP contribution in [0, 0.1) is 0 Å². The zero-order chi connectivity index (χ0) is 22.0. The SMILES string of the molecule is O=C(CCn1c(=O)[nH]c2ccccc2c1=O)NC(Cc1c[nH]c2ccccc12)C(=O)O. The van der Waals surface area contributed by atoms with E-state index in [-0.39, 0.29) is 19.4 Å². The van der Waals surface area contributed by atoms with Gasteiger partial charge in [0.1, 0.15) is 6.04 Å². The summed E-state index contributed by atoms with van der Waals surface area (Å²) < 4.78 is 0.942. The number of carbonyl (C=O) groups excluding carboxylic acids is 1. The van der Waals surface area contributed by atoms with Gasteiger partial charge < -0.3 is 20.4 Å². The predicted octanol–water partition coefficient (Wildman–Crippen LogP) is 1.37. The summed E-state index contributed by atoms with van der Waals surface area (Å²) in [5.74, 6) is -1.73. The topological polar surface area (TPSA) is 137 Å². The molecule has 1 unspecified atom stereocenters. The maximum atomic E-state index is 12.5. The van der Waals surface area contributed by atoms with Gasteiger partial charge in [0.25, 0.3) is 5.56 Å². The van der Waals surface area contributed by atoms with Crippen molar-refractivity contribution in [3.05, 3.63) is 81.1 Å². The summed E-state index contributed by atoms with van der Waals surface area (Å²) in [6.45, 7) is -0.162. The van der Waals surface area contributed by atoms with Crippen LogP contribution in [0.4, 0.5) is 0 Å². The summed E-state index contributed by atoms with van der Waals surface area (Å²) >= 11 is 0. The van der Waals surface area contributed by atoms with Gasteiger partial charge in [0, 0.05) is 36.5 Å². The molecular formula is C22H20N4O5. The van der Waals surface area contributed by atoms with Gasteiger partial charge in [0.2, 0.25) is 5.91 Å². The number of para-hydroxylation sites is 2. The van der Waals surface area contributed by atoms with Crippen LogP contribution < -0.4 is 16.6 Å². The van der Waals surface area contributed by atoms with Gasteiger partial charge in [0.05, 0.1) is 10.9 Å². The number of benzene rings is 2. The molecule has 2 heterocycles. The number of fused-ring (bicyclic) bond motifs is 2. The number of aromatic nitrogens is 3. The summed E-state index contributed by atoms with van der Waals surface area (Å²) in [5.41, 5.74) is 0.946. The summed E-state index contributed by atoms with van der Waals surface area (Å²) in [4.78, 5) is 54.5. The van der Waals surface area contributed by atoms with Crippen LogP contribution >= 0.6 is 0 Å². The highest BCUT2D eigenvalue weighted by Gasteiger charge is 2.22. The molecule has 2 aromatic heterocycles. The summed E-state index contributed by atoms with van der Waals surface area (Å²) in [7, 11) is 0. The number of hydrogen-bond acceptors (Lipinski definition) is 4. The smallest absolute Gasteiger partial charge is 0.328 e. The van der Waals surface area contributed by atoms with Crippen LogP contribution in [0.25, 0.3) is 21.8 Å².